The number of rotatable bonds is 3. The summed E-state index contributed by atoms with van der Waals surface area (Å²) < 4.78 is 34.8. The molecule has 0 saturated heterocycles. The van der Waals surface area contributed by atoms with E-state index in [0.29, 0.717) is 0 Å². The van der Waals surface area contributed by atoms with E-state index in [1.54, 1.807) is 0 Å². The molecule has 13 heavy (non-hydrogen) atoms. The number of aliphatic hydroxyl groups excluding tert-OH is 1. The molecule has 0 fully saturated rings. The first-order chi connectivity index (χ1) is 5.88. The minimum Gasteiger partial charge on any atom is -0.504 e. The molecule has 0 aromatic heterocycles. The van der Waals surface area contributed by atoms with Crippen LogP contribution in [0.5, 0.6) is 0 Å². The molecule has 0 aliphatic carbocycles. The van der Waals surface area contributed by atoms with E-state index in [0.717, 1.165) is 0 Å². The van der Waals surface area contributed by atoms with Crippen molar-refractivity contribution in [3.8, 4) is 0 Å². The largest absolute Gasteiger partial charge is 0.504 e. The van der Waals surface area contributed by atoms with Gasteiger partial charge in [0.05, 0.1) is 6.08 Å². The highest BCUT2D eigenvalue weighted by Crippen LogP contribution is 2.22. The van der Waals surface area contributed by atoms with Crippen LogP contribution in [0.1, 0.15) is 0 Å². The number of carbonyl (C=O) groups is 1. The van der Waals surface area contributed by atoms with Gasteiger partial charge in [-0.2, -0.15) is 13.2 Å². The highest BCUT2D eigenvalue weighted by molar-refractivity contribution is 5.87. The van der Waals surface area contributed by atoms with Gasteiger partial charge < -0.3 is 16.2 Å². The number of alkyl halides is 3. The molecule has 0 radical (unpaired) electrons. The Bertz CT molecular complexity index is 212. The third kappa shape index (κ3) is 5.07. The summed E-state index contributed by atoms with van der Waals surface area (Å²) in [5.74, 6) is -2.96. The second kappa shape index (κ2) is 4.70. The molecule has 1 amide bonds. The number of nitrogens with two attached hydrogens (primary N) is 1. The van der Waals surface area contributed by atoms with Gasteiger partial charge in [0.25, 0.3) is 0 Å². The smallest absolute Gasteiger partial charge is 0.448 e. The monoisotopic (exact) mass is 198 g/mol. The summed E-state index contributed by atoms with van der Waals surface area (Å²) in [5.41, 5.74) is 4.97. The maximum atomic E-state index is 11.6. The fraction of sp³-hybridized carbons (Fsp3) is 0.500. The number of allylic oxidation sites excluding steroid dienone is 1. The zero-order chi connectivity index (χ0) is 10.5. The maximum absolute atomic E-state index is 11.6. The second-order valence-electron chi connectivity index (χ2n) is 2.11. The van der Waals surface area contributed by atoms with E-state index in [1.807, 2.05) is 5.32 Å². The van der Waals surface area contributed by atoms with Crippen LogP contribution in [-0.4, -0.2) is 30.3 Å². The van der Waals surface area contributed by atoms with Crippen LogP contribution in [0.25, 0.3) is 0 Å². The zero-order valence-electron chi connectivity index (χ0n) is 6.56. The number of carbonyl (C=O) groups excluding carboxylic acids is 1. The molecule has 0 atom stereocenters. The van der Waals surface area contributed by atoms with Crippen molar-refractivity contribution in [3.05, 3.63) is 11.8 Å². The lowest BCUT2D eigenvalue weighted by Gasteiger charge is -2.04. The Morgan fingerprint density at radius 3 is 2.46 bits per heavy atom. The first kappa shape index (κ1) is 11.8. The van der Waals surface area contributed by atoms with Gasteiger partial charge in [-0.15, -0.1) is 0 Å². The van der Waals surface area contributed by atoms with Gasteiger partial charge >= 0.3 is 6.18 Å². The molecular formula is C6H9F3N2O2. The van der Waals surface area contributed by atoms with Crippen molar-refractivity contribution in [1.82, 2.24) is 5.32 Å². The van der Waals surface area contributed by atoms with Crippen LogP contribution in [0, 0.1) is 0 Å². The van der Waals surface area contributed by atoms with Crippen molar-refractivity contribution in [2.75, 3.05) is 13.1 Å². The first-order valence-electron chi connectivity index (χ1n) is 3.33. The molecule has 4 nitrogen and oxygen atoms in total. The van der Waals surface area contributed by atoms with E-state index in [1.165, 1.54) is 0 Å². The predicted octanol–water partition coefficient (Wildman–Crippen LogP) is 0.0655. The highest BCUT2D eigenvalue weighted by Gasteiger charge is 2.34. The Hall–Kier alpha value is -1.24. The van der Waals surface area contributed by atoms with Crippen LogP contribution in [0.2, 0.25) is 0 Å². The summed E-state index contributed by atoms with van der Waals surface area (Å²) in [6, 6.07) is 0. The first-order valence-corrected chi connectivity index (χ1v) is 3.33. The molecular weight excluding hydrogens is 189 g/mol. The fourth-order valence-corrected chi connectivity index (χ4v) is 0.452. The molecule has 0 aromatic carbocycles. The molecule has 0 aliphatic heterocycles. The minimum atomic E-state index is -4.89. The Balaban J connectivity index is 4.15. The Kier molecular flexibility index (Phi) is 4.26. The maximum Gasteiger partial charge on any atom is 0.448 e. The topological polar surface area (TPSA) is 75.3 Å². The number of hydrogen-bond donors (Lipinski definition) is 3. The lowest BCUT2D eigenvalue weighted by molar-refractivity contribution is -0.126. The standard InChI is InChI=1S/C6H9F3N2O2/c7-6(8,9)4(12)3-5(13)11-2-1-10/h3,12H,1-2,10H2,(H,11,13). The van der Waals surface area contributed by atoms with Gasteiger partial charge in [0.15, 0.2) is 0 Å². The van der Waals surface area contributed by atoms with Crippen LogP contribution in [0.3, 0.4) is 0 Å². The van der Waals surface area contributed by atoms with Crippen LogP contribution >= 0.6 is 0 Å². The molecule has 0 spiro atoms. The van der Waals surface area contributed by atoms with Crippen molar-refractivity contribution < 1.29 is 23.1 Å². The molecule has 0 rings (SSSR count). The average Bonchev–Trinajstić information content (AvgIpc) is 1.99. The van der Waals surface area contributed by atoms with Gasteiger partial charge in [0.2, 0.25) is 11.7 Å². The van der Waals surface area contributed by atoms with Gasteiger partial charge in [-0.1, -0.05) is 0 Å². The van der Waals surface area contributed by atoms with Crippen molar-refractivity contribution in [1.29, 1.82) is 0 Å². The molecule has 0 aromatic rings. The van der Waals surface area contributed by atoms with Gasteiger partial charge in [0, 0.05) is 13.1 Å². The van der Waals surface area contributed by atoms with E-state index in [9.17, 15) is 18.0 Å². The Labute approximate surface area is 72.2 Å². The van der Waals surface area contributed by atoms with Crippen molar-refractivity contribution in [3.63, 3.8) is 0 Å². The predicted molar refractivity (Wildman–Crippen MR) is 38.8 cm³/mol. The molecule has 0 aliphatic rings. The Morgan fingerprint density at radius 1 is 1.54 bits per heavy atom. The van der Waals surface area contributed by atoms with Crippen LogP contribution in [-0.2, 0) is 4.79 Å². The minimum absolute atomic E-state index is 0.0560. The Morgan fingerprint density at radius 2 is 2.08 bits per heavy atom. The SMILES string of the molecule is NCCNC(=O)C=C(O)C(F)(F)F. The summed E-state index contributed by atoms with van der Waals surface area (Å²) in [4.78, 5) is 10.6. The number of nitrogens with one attached hydrogen (secondary N) is 1. The summed E-state index contributed by atoms with van der Waals surface area (Å²) in [7, 11) is 0. The van der Waals surface area contributed by atoms with Crippen LogP contribution < -0.4 is 11.1 Å². The van der Waals surface area contributed by atoms with Gasteiger partial charge in [-0.05, 0) is 0 Å². The molecule has 0 bridgehead atoms. The van der Waals surface area contributed by atoms with E-state index in [-0.39, 0.29) is 19.2 Å². The summed E-state index contributed by atoms with van der Waals surface area (Å²) in [5, 5.41) is 10.3. The van der Waals surface area contributed by atoms with Crippen molar-refractivity contribution in [2.24, 2.45) is 5.73 Å². The zero-order valence-corrected chi connectivity index (χ0v) is 6.56. The number of hydrogen-bond acceptors (Lipinski definition) is 3. The molecule has 0 heterocycles. The van der Waals surface area contributed by atoms with Gasteiger partial charge in [0.1, 0.15) is 0 Å². The summed E-state index contributed by atoms with van der Waals surface area (Å²) in [6.07, 6.45) is -4.82. The molecule has 0 unspecified atom stereocenters. The lowest BCUT2D eigenvalue weighted by atomic mass is 10.4. The number of amides is 1. The van der Waals surface area contributed by atoms with Crippen LogP contribution in [0.4, 0.5) is 13.2 Å². The molecule has 76 valence electrons. The van der Waals surface area contributed by atoms with Crippen LogP contribution in [0.15, 0.2) is 11.8 Å². The fourth-order valence-electron chi connectivity index (χ4n) is 0.452. The molecule has 4 N–H and O–H groups in total. The third-order valence-corrected chi connectivity index (χ3v) is 1.00. The van der Waals surface area contributed by atoms with E-state index >= 15 is 0 Å². The lowest BCUT2D eigenvalue weighted by Crippen LogP contribution is -2.28. The number of halogens is 3. The van der Waals surface area contributed by atoms with E-state index < -0.39 is 17.8 Å². The summed E-state index contributed by atoms with van der Waals surface area (Å²) in [6.45, 7) is 0.173. The van der Waals surface area contributed by atoms with E-state index in [2.05, 4.69) is 0 Å². The van der Waals surface area contributed by atoms with Gasteiger partial charge in [-0.25, -0.2) is 0 Å². The highest BCUT2D eigenvalue weighted by atomic mass is 19.4. The summed E-state index contributed by atoms with van der Waals surface area (Å²) >= 11 is 0. The van der Waals surface area contributed by atoms with Gasteiger partial charge in [-0.3, -0.25) is 4.79 Å². The third-order valence-electron chi connectivity index (χ3n) is 1.00. The van der Waals surface area contributed by atoms with E-state index in [4.69, 9.17) is 10.8 Å². The van der Waals surface area contributed by atoms with Crippen molar-refractivity contribution >= 4 is 5.91 Å². The average molecular weight is 198 g/mol. The normalized spacial score (nSPS) is 12.8. The quantitative estimate of drug-likeness (QED) is 0.443. The molecule has 0 saturated carbocycles. The molecule has 7 heteroatoms. The number of aliphatic hydroxyl groups is 1. The van der Waals surface area contributed by atoms with Crippen molar-refractivity contribution in [2.45, 2.75) is 6.18 Å². The second-order valence-corrected chi connectivity index (χ2v) is 2.11.